The van der Waals surface area contributed by atoms with E-state index < -0.39 is 10.0 Å². The van der Waals surface area contributed by atoms with Crippen LogP contribution >= 0.6 is 23.4 Å². The smallest absolute Gasteiger partial charge is 0.238 e. The van der Waals surface area contributed by atoms with Gasteiger partial charge >= 0.3 is 0 Å². The number of Topliss-reactive ketones (excluding diaryl/α,β-unsaturated/α-hetero) is 1. The number of nitrogens with one attached hydrogen (secondary N) is 1. The molecular weight excluding hydrogens is 534 g/mol. The highest BCUT2D eigenvalue weighted by Crippen LogP contribution is 2.31. The van der Waals surface area contributed by atoms with Crippen LogP contribution in [0.4, 0.5) is 0 Å². The lowest BCUT2D eigenvalue weighted by atomic mass is 10.1. The Bertz CT molecular complexity index is 1670. The fourth-order valence-electron chi connectivity index (χ4n) is 3.52. The summed E-state index contributed by atoms with van der Waals surface area (Å²) in [5.74, 6) is 0.438. The maximum absolute atomic E-state index is 12.5. The molecule has 0 aliphatic heterocycles. The predicted octanol–water partition coefficient (Wildman–Crippen LogP) is 4.00. The summed E-state index contributed by atoms with van der Waals surface area (Å²) in [5, 5.41) is 21.9. The molecule has 5 rings (SSSR count). The van der Waals surface area contributed by atoms with Crippen molar-refractivity contribution in [1.29, 1.82) is 0 Å². The van der Waals surface area contributed by atoms with E-state index >= 15 is 0 Å². The summed E-state index contributed by atoms with van der Waals surface area (Å²) < 4.78 is 24.9. The van der Waals surface area contributed by atoms with E-state index in [1.165, 1.54) is 23.9 Å². The maximum atomic E-state index is 12.5. The molecule has 5 aromatic rings. The molecule has 10 nitrogen and oxygen atoms in total. The molecule has 186 valence electrons. The van der Waals surface area contributed by atoms with Gasteiger partial charge in [0.15, 0.2) is 17.3 Å². The molecule has 2 aromatic heterocycles. The van der Waals surface area contributed by atoms with Gasteiger partial charge in [-0.1, -0.05) is 58.9 Å². The van der Waals surface area contributed by atoms with Gasteiger partial charge in [-0.15, -0.1) is 10.2 Å². The summed E-state index contributed by atoms with van der Waals surface area (Å²) in [6, 6.07) is 22.1. The van der Waals surface area contributed by atoms with Gasteiger partial charge in [0, 0.05) is 16.1 Å². The zero-order chi connectivity index (χ0) is 26.0. The van der Waals surface area contributed by atoms with E-state index in [2.05, 4.69) is 25.5 Å². The largest absolute Gasteiger partial charge is 0.293 e. The van der Waals surface area contributed by atoms with Crippen molar-refractivity contribution in [3.8, 4) is 28.5 Å². The predicted molar refractivity (Wildman–Crippen MR) is 140 cm³/mol. The third kappa shape index (κ3) is 5.47. The number of aromatic amines is 1. The number of sulfonamides is 1. The van der Waals surface area contributed by atoms with E-state index in [-0.39, 0.29) is 16.4 Å². The Labute approximate surface area is 220 Å². The van der Waals surface area contributed by atoms with E-state index in [1.807, 2.05) is 30.3 Å². The van der Waals surface area contributed by atoms with Crippen molar-refractivity contribution >= 4 is 39.2 Å². The molecule has 0 atom stereocenters. The van der Waals surface area contributed by atoms with Crippen molar-refractivity contribution in [1.82, 2.24) is 30.2 Å². The highest BCUT2D eigenvalue weighted by molar-refractivity contribution is 7.99. The molecule has 3 N–H and O–H groups in total. The number of carbonyl (C=O) groups is 1. The SMILES string of the molecule is NS(=O)(=O)c1ccc(-n2nnc(-c3nc(SCC(=O)c4ccc(Cl)cc4)n[nH]3)c2-c2ccccc2)cc1. The maximum Gasteiger partial charge on any atom is 0.238 e. The van der Waals surface area contributed by atoms with Crippen LogP contribution in [0.1, 0.15) is 10.4 Å². The van der Waals surface area contributed by atoms with Gasteiger partial charge in [0.25, 0.3) is 0 Å². The molecule has 0 aliphatic carbocycles. The number of ketones is 1. The second kappa shape index (κ2) is 10.3. The summed E-state index contributed by atoms with van der Waals surface area (Å²) in [6.45, 7) is 0. The molecule has 0 saturated heterocycles. The van der Waals surface area contributed by atoms with Crippen LogP contribution in [0.15, 0.2) is 88.9 Å². The fourth-order valence-corrected chi connectivity index (χ4v) is 4.85. The summed E-state index contributed by atoms with van der Waals surface area (Å²) in [4.78, 5) is 17.0. The number of thioether (sulfide) groups is 1. The fraction of sp³-hybridized carbons (Fsp3) is 0.0417. The lowest BCUT2D eigenvalue weighted by Crippen LogP contribution is -2.12. The molecule has 3 aromatic carbocycles. The van der Waals surface area contributed by atoms with Crippen molar-refractivity contribution in [2.24, 2.45) is 5.14 Å². The first-order valence-electron chi connectivity index (χ1n) is 10.8. The number of benzene rings is 3. The minimum Gasteiger partial charge on any atom is -0.293 e. The Morgan fingerprint density at radius 1 is 1.00 bits per heavy atom. The first-order valence-corrected chi connectivity index (χ1v) is 13.7. The molecule has 0 radical (unpaired) electrons. The minimum absolute atomic E-state index is 0.0112. The molecule has 0 amide bonds. The van der Waals surface area contributed by atoms with Gasteiger partial charge in [0.1, 0.15) is 5.69 Å². The van der Waals surface area contributed by atoms with Gasteiger partial charge in [-0.05, 0) is 48.5 Å². The zero-order valence-electron chi connectivity index (χ0n) is 18.9. The average molecular weight is 552 g/mol. The van der Waals surface area contributed by atoms with Gasteiger partial charge < -0.3 is 0 Å². The van der Waals surface area contributed by atoms with E-state index in [1.54, 1.807) is 41.1 Å². The topological polar surface area (TPSA) is 150 Å². The van der Waals surface area contributed by atoms with Crippen LogP contribution in [0.3, 0.4) is 0 Å². The average Bonchev–Trinajstić information content (AvgIpc) is 3.55. The van der Waals surface area contributed by atoms with Crippen LogP contribution in [-0.4, -0.2) is 50.1 Å². The molecule has 0 unspecified atom stereocenters. The highest BCUT2D eigenvalue weighted by atomic mass is 35.5. The number of hydrogen-bond acceptors (Lipinski definition) is 8. The van der Waals surface area contributed by atoms with Crippen LogP contribution in [0, 0.1) is 0 Å². The Morgan fingerprint density at radius 3 is 2.38 bits per heavy atom. The van der Waals surface area contributed by atoms with Crippen molar-refractivity contribution in [3.05, 3.63) is 89.4 Å². The molecule has 2 heterocycles. The standard InChI is InChI=1S/C24H18ClN7O3S2/c25-17-8-6-15(7-9-17)20(33)14-36-24-27-23(29-30-24)21-22(16-4-2-1-3-5-16)32(31-28-21)18-10-12-19(13-11-18)37(26,34)35/h1-13H,14H2,(H2,26,34,35)(H,27,29,30). The van der Waals surface area contributed by atoms with Crippen molar-refractivity contribution in [2.45, 2.75) is 10.1 Å². The zero-order valence-corrected chi connectivity index (χ0v) is 21.3. The molecule has 13 heteroatoms. The molecule has 0 spiro atoms. The van der Waals surface area contributed by atoms with Gasteiger partial charge in [0.2, 0.25) is 15.2 Å². The quantitative estimate of drug-likeness (QED) is 0.217. The highest BCUT2D eigenvalue weighted by Gasteiger charge is 2.21. The van der Waals surface area contributed by atoms with Crippen molar-refractivity contribution in [3.63, 3.8) is 0 Å². The first kappa shape index (κ1) is 24.8. The number of carbonyl (C=O) groups excluding carboxylic acids is 1. The van der Waals surface area contributed by atoms with Crippen LogP contribution in [0.25, 0.3) is 28.5 Å². The summed E-state index contributed by atoms with van der Waals surface area (Å²) in [6.07, 6.45) is 0. The van der Waals surface area contributed by atoms with Crippen LogP contribution < -0.4 is 5.14 Å². The van der Waals surface area contributed by atoms with Crippen molar-refractivity contribution in [2.75, 3.05) is 5.75 Å². The number of nitrogens with two attached hydrogens (primary N) is 1. The van der Waals surface area contributed by atoms with E-state index in [0.29, 0.717) is 38.6 Å². The molecule has 0 bridgehead atoms. The lowest BCUT2D eigenvalue weighted by molar-refractivity contribution is 0.102. The number of H-pyrrole nitrogens is 1. The van der Waals surface area contributed by atoms with Gasteiger partial charge in [-0.3, -0.25) is 9.89 Å². The molecule has 37 heavy (non-hydrogen) atoms. The van der Waals surface area contributed by atoms with Gasteiger partial charge in [-0.2, -0.15) is 4.98 Å². The number of rotatable bonds is 8. The normalized spacial score (nSPS) is 11.5. The molecule has 0 saturated carbocycles. The molecular formula is C24H18ClN7O3S2. The van der Waals surface area contributed by atoms with Gasteiger partial charge in [0.05, 0.1) is 16.3 Å². The summed E-state index contributed by atoms with van der Waals surface area (Å²) in [5.41, 5.74) is 2.99. The second-order valence-electron chi connectivity index (χ2n) is 7.79. The third-order valence-electron chi connectivity index (χ3n) is 5.32. The van der Waals surface area contributed by atoms with E-state index in [9.17, 15) is 13.2 Å². The number of hydrogen-bond donors (Lipinski definition) is 2. The Kier molecular flexibility index (Phi) is 6.89. The monoisotopic (exact) mass is 551 g/mol. The molecule has 0 fully saturated rings. The minimum atomic E-state index is -3.83. The third-order valence-corrected chi connectivity index (χ3v) is 7.34. The van der Waals surface area contributed by atoms with Crippen LogP contribution in [0.2, 0.25) is 5.02 Å². The summed E-state index contributed by atoms with van der Waals surface area (Å²) >= 11 is 7.08. The van der Waals surface area contributed by atoms with Crippen LogP contribution in [0.5, 0.6) is 0 Å². The number of nitrogens with zero attached hydrogens (tertiary/aromatic N) is 5. The van der Waals surface area contributed by atoms with E-state index in [0.717, 1.165) is 5.56 Å². The Hall–Kier alpha value is -3.84. The van der Waals surface area contributed by atoms with Crippen molar-refractivity contribution < 1.29 is 13.2 Å². The number of aromatic nitrogens is 6. The lowest BCUT2D eigenvalue weighted by Gasteiger charge is -2.08. The van der Waals surface area contributed by atoms with Crippen LogP contribution in [-0.2, 0) is 10.0 Å². The first-order chi connectivity index (χ1) is 17.8. The molecule has 0 aliphatic rings. The Balaban J connectivity index is 1.45. The number of primary sulfonamides is 1. The van der Waals surface area contributed by atoms with Gasteiger partial charge in [-0.25, -0.2) is 18.2 Å². The van der Waals surface area contributed by atoms with E-state index in [4.69, 9.17) is 16.7 Å². The summed E-state index contributed by atoms with van der Waals surface area (Å²) in [7, 11) is -3.83. The second-order valence-corrected chi connectivity index (χ2v) is 10.7. The number of halogens is 1. The Morgan fingerprint density at radius 2 is 1.70 bits per heavy atom.